The maximum Gasteiger partial charge on any atom is 0.316 e. The molecule has 0 amide bonds. The Morgan fingerprint density at radius 3 is 2.37 bits per heavy atom. The van der Waals surface area contributed by atoms with Crippen LogP contribution in [0.3, 0.4) is 0 Å². The number of hydrogen-bond donors (Lipinski definition) is 3. The molecule has 0 aromatic carbocycles. The average Bonchev–Trinajstić information content (AvgIpc) is 3.58. The Morgan fingerprint density at radius 2 is 1.67 bits per heavy atom. The molecule has 7 rings (SSSR count). The van der Waals surface area contributed by atoms with Crippen molar-refractivity contribution in [2.75, 3.05) is 27.9 Å². The number of hydrogen-bond acceptors (Lipinski definition) is 15. The summed E-state index contributed by atoms with van der Waals surface area (Å²) in [4.78, 5) is 14.4. The van der Waals surface area contributed by atoms with Crippen LogP contribution in [-0.4, -0.2) is 141 Å². The monoisotopic (exact) mass is 887 g/mol. The maximum atomic E-state index is 14.4. The molecular weight excluding hydrogens is 813 g/mol. The van der Waals surface area contributed by atoms with Crippen LogP contribution in [0.15, 0.2) is 52.3 Å². The topological polar surface area (TPSA) is 174 Å². The van der Waals surface area contributed by atoms with Gasteiger partial charge in [-0.05, 0) is 76.1 Å². The van der Waals surface area contributed by atoms with Gasteiger partial charge in [0.25, 0.3) is 0 Å². The van der Waals surface area contributed by atoms with Crippen LogP contribution < -0.4 is 5.32 Å². The van der Waals surface area contributed by atoms with Crippen molar-refractivity contribution in [3.8, 4) is 0 Å². The zero-order valence-corrected chi connectivity index (χ0v) is 39.2. The molecule has 3 N–H and O–H groups in total. The summed E-state index contributed by atoms with van der Waals surface area (Å²) < 4.78 is 64.7. The van der Waals surface area contributed by atoms with Crippen LogP contribution in [0.4, 0.5) is 0 Å². The van der Waals surface area contributed by atoms with Gasteiger partial charge in [-0.2, -0.15) is 0 Å². The molecule has 7 aliphatic rings. The van der Waals surface area contributed by atoms with E-state index in [9.17, 15) is 15.1 Å². The van der Waals surface area contributed by atoms with Gasteiger partial charge >= 0.3 is 5.97 Å². The zero-order chi connectivity index (χ0) is 45.4. The van der Waals surface area contributed by atoms with Crippen molar-refractivity contribution in [2.45, 2.75) is 191 Å². The molecule has 0 aromatic heterocycles. The van der Waals surface area contributed by atoms with Crippen LogP contribution in [0.2, 0.25) is 0 Å². The Bertz CT molecular complexity index is 1770. The van der Waals surface area contributed by atoms with Crippen molar-refractivity contribution in [3.63, 3.8) is 0 Å². The molecule has 8 unspecified atom stereocenters. The average molecular weight is 887 g/mol. The number of ether oxygens (including phenoxy) is 10. The van der Waals surface area contributed by atoms with Gasteiger partial charge in [-0.3, -0.25) is 4.79 Å². The minimum absolute atomic E-state index is 0.0233. The molecule has 6 aliphatic heterocycles. The first-order valence-corrected chi connectivity index (χ1v) is 23.2. The highest BCUT2D eigenvalue weighted by atomic mass is 16.7. The third kappa shape index (κ3) is 9.95. The molecule has 1 aliphatic carbocycles. The van der Waals surface area contributed by atoms with E-state index >= 15 is 0 Å². The van der Waals surface area contributed by atoms with Gasteiger partial charge in [-0.25, -0.2) is 0 Å². The molecule has 18 atom stereocenters. The second kappa shape index (κ2) is 20.1. The number of aliphatic hydroxyl groups is 1. The summed E-state index contributed by atoms with van der Waals surface area (Å²) in [5, 5.41) is 29.5. The summed E-state index contributed by atoms with van der Waals surface area (Å²) in [5.74, 6) is -2.19. The van der Waals surface area contributed by atoms with Crippen LogP contribution in [0.5, 0.6) is 0 Å². The van der Waals surface area contributed by atoms with Crippen LogP contribution in [-0.2, 0) is 52.2 Å². The van der Waals surface area contributed by atoms with E-state index in [-0.39, 0.29) is 66.8 Å². The Hall–Kier alpha value is -2.54. The predicted molar refractivity (Wildman–Crippen MR) is 233 cm³/mol. The molecule has 0 aromatic rings. The van der Waals surface area contributed by atoms with Gasteiger partial charge in [0.2, 0.25) is 0 Å². The number of nitrogens with one attached hydrogen (secondary N) is 1. The predicted octanol–water partition coefficient (Wildman–Crippen LogP) is 5.91. The highest BCUT2D eigenvalue weighted by Gasteiger charge is 2.60. The van der Waals surface area contributed by atoms with Crippen LogP contribution in [0.25, 0.3) is 0 Å². The van der Waals surface area contributed by atoms with Crippen molar-refractivity contribution in [3.05, 3.63) is 47.1 Å². The lowest BCUT2D eigenvalue weighted by atomic mass is 9.71. The molecule has 1 spiro atoms. The fourth-order valence-corrected chi connectivity index (χ4v) is 11.3. The van der Waals surface area contributed by atoms with Crippen molar-refractivity contribution in [2.24, 2.45) is 28.8 Å². The number of carbonyl (C=O) groups is 1. The van der Waals surface area contributed by atoms with Gasteiger partial charge in [-0.15, -0.1) is 0 Å². The van der Waals surface area contributed by atoms with Crippen LogP contribution in [0.1, 0.15) is 100 Å². The third-order valence-corrected chi connectivity index (χ3v) is 14.7. The largest absolute Gasteiger partial charge is 0.462 e. The number of carbonyl (C=O) groups excluding carboxylic acids is 1. The highest BCUT2D eigenvalue weighted by Crippen LogP contribution is 2.47. The first-order valence-electron chi connectivity index (χ1n) is 23.2. The molecule has 354 valence electrons. The summed E-state index contributed by atoms with van der Waals surface area (Å²) in [6.07, 6.45) is 8.53. The third-order valence-electron chi connectivity index (χ3n) is 14.7. The minimum atomic E-state index is -1.85. The lowest BCUT2D eigenvalue weighted by molar-refractivity contribution is -0.340. The number of oxime groups is 1. The highest BCUT2D eigenvalue weighted by molar-refractivity contribution is 6.06. The maximum absolute atomic E-state index is 14.4. The lowest BCUT2D eigenvalue weighted by Gasteiger charge is -2.50. The molecule has 5 fully saturated rings. The van der Waals surface area contributed by atoms with Gasteiger partial charge in [0, 0.05) is 52.2 Å². The Labute approximate surface area is 373 Å². The van der Waals surface area contributed by atoms with Crippen molar-refractivity contribution in [1.82, 2.24) is 5.32 Å². The number of fused-ring (bicyclic) bond motifs is 2. The zero-order valence-electron chi connectivity index (χ0n) is 39.2. The fraction of sp³-hybridized carbons (Fsp3) is 0.792. The molecule has 15 heteroatoms. The molecular formula is C48H74N2O13. The molecule has 15 nitrogen and oxygen atoms in total. The first-order chi connectivity index (χ1) is 30.0. The molecule has 63 heavy (non-hydrogen) atoms. The van der Waals surface area contributed by atoms with E-state index in [1.165, 1.54) is 0 Å². The number of rotatable bonds is 8. The first kappa shape index (κ1) is 48.4. The number of methoxy groups -OCH3 is 2. The second-order valence-electron chi connectivity index (χ2n) is 19.5. The minimum Gasteiger partial charge on any atom is -0.462 e. The SMILES string of the molecule is CN[C@@H]1[C@H](C)O[C@@H](O[C@@H]2[C@@H](C)OC(O[C@@H]3/C(C)=C/CC4CC(CC5(CC[C@@H](C)C(C(C)C)O5)O4)OC(=O)C4C=C(C)/C(=N\O)C5OC/C(=C\C=C\C3C)[C@@]45O)C[C@H]2OC)C[C@@H]1OC. The van der Waals surface area contributed by atoms with Crippen molar-refractivity contribution in [1.29, 1.82) is 0 Å². The quantitative estimate of drug-likeness (QED) is 0.114. The van der Waals surface area contributed by atoms with E-state index in [4.69, 9.17) is 47.4 Å². The number of likely N-dealkylation sites (N-methyl/N-ethyl adjacent to an activating group) is 1. The molecule has 5 saturated heterocycles. The van der Waals surface area contributed by atoms with Gasteiger partial charge in [0.05, 0.1) is 55.4 Å². The van der Waals surface area contributed by atoms with Crippen molar-refractivity contribution >= 4 is 11.7 Å². The van der Waals surface area contributed by atoms with Gasteiger partial charge in [-0.1, -0.05) is 63.2 Å². The summed E-state index contributed by atoms with van der Waals surface area (Å²) in [7, 11) is 5.30. The van der Waals surface area contributed by atoms with E-state index in [1.807, 2.05) is 33.0 Å². The summed E-state index contributed by atoms with van der Waals surface area (Å²) in [6.45, 7) is 16.4. The Morgan fingerprint density at radius 1 is 0.952 bits per heavy atom. The Kier molecular flexibility index (Phi) is 15.5. The molecule has 0 radical (unpaired) electrons. The summed E-state index contributed by atoms with van der Waals surface area (Å²) >= 11 is 0. The van der Waals surface area contributed by atoms with Crippen molar-refractivity contribution < 1.29 is 62.5 Å². The van der Waals surface area contributed by atoms with Crippen LogP contribution in [0, 0.1) is 23.7 Å². The van der Waals surface area contributed by atoms with Gasteiger partial charge in [0.1, 0.15) is 35.5 Å². The Balaban J connectivity index is 1.18. The van der Waals surface area contributed by atoms with Crippen LogP contribution >= 0.6 is 0 Å². The second-order valence-corrected chi connectivity index (χ2v) is 19.5. The summed E-state index contributed by atoms with van der Waals surface area (Å²) in [6, 6.07) is 0.0434. The smallest absolute Gasteiger partial charge is 0.316 e. The number of nitrogens with zero attached hydrogens (tertiary/aromatic N) is 1. The standard InChI is InChI=1S/C48H74N2O13/c1-25(2)42-28(5)17-18-47(63-42)23-34-20-33(62-47)16-15-27(4)43(26(3)13-12-14-32-24-56-45-40(50-53)29(6)19-35(46(51)59-34)48(32,45)52)60-39-22-37(55-11)44(31(8)58-39)61-38-21-36(54-10)41(49-9)30(7)57-38/h12-15,19,25-26,28,30-31,33-39,41-45,49,52-53H,16-18,20-24H2,1-11H3/b13-12+,27-15+,32-14+,50-40+/t26?,28-,30+,31-,33?,34?,35?,36+,37-,38+,39?,41-,42?,43+,44-,45?,47?,48-/m1/s1. The molecule has 6 heterocycles. The normalized spacial score (nSPS) is 47.9. The van der Waals surface area contributed by atoms with E-state index in [1.54, 1.807) is 33.3 Å². The van der Waals surface area contributed by atoms with Gasteiger partial charge < -0.3 is 63.0 Å². The fourth-order valence-electron chi connectivity index (χ4n) is 11.3. The molecule has 0 saturated carbocycles. The van der Waals surface area contributed by atoms with E-state index in [0.717, 1.165) is 12.0 Å². The number of esters is 1. The summed E-state index contributed by atoms with van der Waals surface area (Å²) in [5.41, 5.74) is 0.312. The van der Waals surface area contributed by atoms with E-state index in [0.29, 0.717) is 55.6 Å². The number of allylic oxidation sites excluding steroid dienone is 2. The molecule has 2 bridgehead atoms. The van der Waals surface area contributed by atoms with E-state index in [2.05, 4.69) is 51.2 Å². The van der Waals surface area contributed by atoms with Gasteiger partial charge in [0.15, 0.2) is 18.4 Å². The van der Waals surface area contributed by atoms with E-state index < -0.39 is 60.3 Å². The lowest BCUT2D eigenvalue weighted by Crippen LogP contribution is -2.57.